The Bertz CT molecular complexity index is 872. The van der Waals surface area contributed by atoms with Gasteiger partial charge in [0.2, 0.25) is 0 Å². The van der Waals surface area contributed by atoms with E-state index in [1.165, 1.54) is 18.2 Å². The molecule has 2 N–H and O–H groups in total. The maximum absolute atomic E-state index is 13.3. The molecule has 1 aliphatic heterocycles. The quantitative estimate of drug-likeness (QED) is 0.517. The molecule has 0 aromatic heterocycles. The first kappa shape index (κ1) is 20.6. The summed E-state index contributed by atoms with van der Waals surface area (Å²) in [5, 5.41) is 5.55. The van der Waals surface area contributed by atoms with Gasteiger partial charge in [0.25, 0.3) is 0 Å². The number of thiocarbonyl (C=S) groups is 1. The average molecular weight is 434 g/mol. The minimum atomic E-state index is -4.49. The third-order valence-corrected chi connectivity index (χ3v) is 4.60. The van der Waals surface area contributed by atoms with E-state index < -0.39 is 17.6 Å². The van der Waals surface area contributed by atoms with Gasteiger partial charge in [-0.2, -0.15) is 13.2 Å². The summed E-state index contributed by atoms with van der Waals surface area (Å²) >= 11 is 10.9. The molecule has 4 nitrogen and oxygen atoms in total. The van der Waals surface area contributed by atoms with Crippen molar-refractivity contribution in [1.82, 2.24) is 0 Å². The fourth-order valence-electron chi connectivity index (χ4n) is 2.75. The van der Waals surface area contributed by atoms with Gasteiger partial charge in [0.15, 0.2) is 5.11 Å². The van der Waals surface area contributed by atoms with Crippen LogP contribution in [0.15, 0.2) is 36.4 Å². The number of hydrogen-bond donors (Lipinski definition) is 2. The van der Waals surface area contributed by atoms with Gasteiger partial charge in [0.1, 0.15) is 5.82 Å². The molecule has 2 aromatic rings. The molecule has 0 unspecified atom stereocenters. The summed E-state index contributed by atoms with van der Waals surface area (Å²) in [5.41, 5.74) is 0.406. The lowest BCUT2D eigenvalue weighted by atomic mass is 10.1. The van der Waals surface area contributed by atoms with E-state index in [2.05, 4.69) is 10.6 Å². The summed E-state index contributed by atoms with van der Waals surface area (Å²) < 4.78 is 58.0. The van der Waals surface area contributed by atoms with Crippen molar-refractivity contribution in [3.8, 4) is 0 Å². The van der Waals surface area contributed by atoms with Gasteiger partial charge in [-0.3, -0.25) is 0 Å². The first-order chi connectivity index (χ1) is 13.2. The Morgan fingerprint density at radius 3 is 2.43 bits per heavy atom. The van der Waals surface area contributed by atoms with E-state index in [9.17, 15) is 17.6 Å². The van der Waals surface area contributed by atoms with Gasteiger partial charge in [-0.1, -0.05) is 11.6 Å². The second-order valence-electron chi connectivity index (χ2n) is 6.04. The highest BCUT2D eigenvalue weighted by Crippen LogP contribution is 2.36. The van der Waals surface area contributed by atoms with Crippen LogP contribution >= 0.6 is 23.8 Å². The SMILES string of the molecule is Fc1ccc(NC(=S)Nc2cc(C(F)(F)F)ccc2N2CCOCC2)cc1Cl. The molecule has 3 rings (SSSR count). The maximum Gasteiger partial charge on any atom is 0.416 e. The van der Waals surface area contributed by atoms with Crippen molar-refractivity contribution in [3.05, 3.63) is 52.8 Å². The Kier molecular flexibility index (Phi) is 6.26. The van der Waals surface area contributed by atoms with Crippen molar-refractivity contribution in [1.29, 1.82) is 0 Å². The van der Waals surface area contributed by atoms with Gasteiger partial charge in [-0.15, -0.1) is 0 Å². The molecular weight excluding hydrogens is 418 g/mol. The second kappa shape index (κ2) is 8.50. The maximum atomic E-state index is 13.3. The molecule has 28 heavy (non-hydrogen) atoms. The Hall–Kier alpha value is -2.10. The number of benzene rings is 2. The lowest BCUT2D eigenvalue weighted by molar-refractivity contribution is -0.137. The number of rotatable bonds is 3. The summed E-state index contributed by atoms with van der Waals surface area (Å²) in [7, 11) is 0. The van der Waals surface area contributed by atoms with Crippen LogP contribution in [0.1, 0.15) is 5.56 Å². The number of hydrogen-bond acceptors (Lipinski definition) is 3. The molecule has 0 spiro atoms. The molecule has 10 heteroatoms. The van der Waals surface area contributed by atoms with Gasteiger partial charge in [0.05, 0.1) is 35.2 Å². The second-order valence-corrected chi connectivity index (χ2v) is 6.85. The molecule has 0 atom stereocenters. The fraction of sp³-hybridized carbons (Fsp3) is 0.278. The molecule has 1 heterocycles. The van der Waals surface area contributed by atoms with Crippen molar-refractivity contribution in [2.75, 3.05) is 41.8 Å². The van der Waals surface area contributed by atoms with Crippen LogP contribution in [0.2, 0.25) is 5.02 Å². The predicted octanol–water partition coefficient (Wildman–Crippen LogP) is 5.14. The predicted molar refractivity (Wildman–Crippen MR) is 106 cm³/mol. The standard InChI is InChI=1S/C18H16ClF4N3OS/c19-13-10-12(2-3-14(13)20)24-17(28)25-15-9-11(18(21,22)23)1-4-16(15)26-5-7-27-8-6-26/h1-4,9-10H,5-8H2,(H2,24,25,28). The molecule has 1 fully saturated rings. The summed E-state index contributed by atoms with van der Waals surface area (Å²) in [6.07, 6.45) is -4.49. The highest BCUT2D eigenvalue weighted by molar-refractivity contribution is 7.80. The summed E-state index contributed by atoms with van der Waals surface area (Å²) in [6, 6.07) is 7.37. The third-order valence-electron chi connectivity index (χ3n) is 4.10. The van der Waals surface area contributed by atoms with Gasteiger partial charge in [0, 0.05) is 18.8 Å². The summed E-state index contributed by atoms with van der Waals surface area (Å²) in [6.45, 7) is 2.07. The Morgan fingerprint density at radius 2 is 1.79 bits per heavy atom. The highest BCUT2D eigenvalue weighted by Gasteiger charge is 2.31. The number of halogens is 5. The minimum absolute atomic E-state index is 0.0523. The molecule has 1 saturated heterocycles. The van der Waals surface area contributed by atoms with Crippen LogP contribution in [0.25, 0.3) is 0 Å². The van der Waals surface area contributed by atoms with Crippen molar-refractivity contribution in [2.45, 2.75) is 6.18 Å². The molecular formula is C18H16ClF4N3OS. The zero-order valence-electron chi connectivity index (χ0n) is 14.4. The number of morpholine rings is 1. The smallest absolute Gasteiger partial charge is 0.378 e. The Labute approximate surface area is 169 Å². The zero-order valence-corrected chi connectivity index (χ0v) is 16.0. The summed E-state index contributed by atoms with van der Waals surface area (Å²) in [5.74, 6) is -0.585. The van der Waals surface area contributed by atoms with E-state index >= 15 is 0 Å². The number of ether oxygens (including phenoxy) is 1. The lowest BCUT2D eigenvalue weighted by Gasteiger charge is -2.31. The topological polar surface area (TPSA) is 36.5 Å². The average Bonchev–Trinajstić information content (AvgIpc) is 2.64. The number of nitrogens with zero attached hydrogens (tertiary/aromatic N) is 1. The van der Waals surface area contributed by atoms with E-state index in [0.29, 0.717) is 37.7 Å². The highest BCUT2D eigenvalue weighted by atomic mass is 35.5. The normalized spacial score (nSPS) is 14.7. The van der Waals surface area contributed by atoms with Gasteiger partial charge in [-0.05, 0) is 48.6 Å². The van der Waals surface area contributed by atoms with Crippen LogP contribution in [-0.4, -0.2) is 31.4 Å². The minimum Gasteiger partial charge on any atom is -0.378 e. The van der Waals surface area contributed by atoms with Crippen LogP contribution < -0.4 is 15.5 Å². The number of nitrogens with one attached hydrogen (secondary N) is 2. The van der Waals surface area contributed by atoms with Crippen LogP contribution in [0, 0.1) is 5.82 Å². The number of anilines is 3. The van der Waals surface area contributed by atoms with E-state index in [-0.39, 0.29) is 15.8 Å². The van der Waals surface area contributed by atoms with Crippen molar-refractivity contribution in [3.63, 3.8) is 0 Å². The Morgan fingerprint density at radius 1 is 1.07 bits per heavy atom. The van der Waals surface area contributed by atoms with Crippen LogP contribution in [0.4, 0.5) is 34.6 Å². The van der Waals surface area contributed by atoms with E-state index in [1.54, 1.807) is 0 Å². The van der Waals surface area contributed by atoms with Gasteiger partial charge >= 0.3 is 6.18 Å². The Balaban J connectivity index is 1.84. The van der Waals surface area contributed by atoms with Crippen molar-refractivity contribution < 1.29 is 22.3 Å². The van der Waals surface area contributed by atoms with Crippen LogP contribution in [0.3, 0.4) is 0 Å². The molecule has 0 amide bonds. The monoisotopic (exact) mass is 433 g/mol. The first-order valence-electron chi connectivity index (χ1n) is 8.31. The van der Waals surface area contributed by atoms with E-state index in [1.807, 2.05) is 4.90 Å². The van der Waals surface area contributed by atoms with Gasteiger partial charge < -0.3 is 20.3 Å². The molecule has 2 aromatic carbocycles. The summed E-state index contributed by atoms with van der Waals surface area (Å²) in [4.78, 5) is 1.92. The van der Waals surface area contributed by atoms with Crippen LogP contribution in [0.5, 0.6) is 0 Å². The van der Waals surface area contributed by atoms with E-state index in [0.717, 1.165) is 18.2 Å². The van der Waals surface area contributed by atoms with Gasteiger partial charge in [-0.25, -0.2) is 4.39 Å². The van der Waals surface area contributed by atoms with Crippen molar-refractivity contribution in [2.24, 2.45) is 0 Å². The third kappa shape index (κ3) is 5.03. The van der Waals surface area contributed by atoms with Crippen molar-refractivity contribution >= 4 is 46.0 Å². The number of alkyl halides is 3. The zero-order chi connectivity index (χ0) is 20.3. The molecule has 150 valence electrons. The lowest BCUT2D eigenvalue weighted by Crippen LogP contribution is -2.37. The van der Waals surface area contributed by atoms with E-state index in [4.69, 9.17) is 28.6 Å². The fourth-order valence-corrected chi connectivity index (χ4v) is 3.16. The largest absolute Gasteiger partial charge is 0.416 e. The molecule has 1 aliphatic rings. The molecule has 0 saturated carbocycles. The molecule has 0 bridgehead atoms. The van der Waals surface area contributed by atoms with Crippen LogP contribution in [-0.2, 0) is 10.9 Å². The first-order valence-corrected chi connectivity index (χ1v) is 9.09. The molecule has 0 radical (unpaired) electrons. The molecule has 0 aliphatic carbocycles.